The number of nitrogens with one attached hydrogen (secondary N) is 1. The van der Waals surface area contributed by atoms with Crippen LogP contribution in [-0.4, -0.2) is 50.3 Å². The van der Waals surface area contributed by atoms with Gasteiger partial charge in [-0.2, -0.15) is 0 Å². The maximum absolute atomic E-state index is 12.2. The molecular formula is C17H23ClN2O4. The molecule has 1 atom stereocenters. The molecule has 1 fully saturated rings. The molecule has 2 amide bonds. The predicted octanol–water partition coefficient (Wildman–Crippen LogP) is 3.55. The van der Waals surface area contributed by atoms with Crippen molar-refractivity contribution in [1.82, 2.24) is 4.90 Å². The van der Waals surface area contributed by atoms with Gasteiger partial charge in [0.05, 0.1) is 23.8 Å². The van der Waals surface area contributed by atoms with E-state index in [1.807, 2.05) is 0 Å². The van der Waals surface area contributed by atoms with Crippen LogP contribution in [0.3, 0.4) is 0 Å². The van der Waals surface area contributed by atoms with Crippen LogP contribution < -0.4 is 5.32 Å². The minimum absolute atomic E-state index is 0.218. The first-order valence-corrected chi connectivity index (χ1v) is 8.40. The molecule has 0 radical (unpaired) electrons. The third kappa shape index (κ3) is 5.11. The summed E-state index contributed by atoms with van der Waals surface area (Å²) in [4.78, 5) is 25.5. The standard InChI is InChI=1S/C17H23ClN2O4/c1-20(9-8-13-5-3-4-10-24-13)17(22)19-12-6-7-15(18)14(11-12)16(21)23-2/h6-7,11,13H,3-5,8-10H2,1-2H3,(H,19,22)/t13-/m1/s1. The molecule has 1 aromatic rings. The molecule has 2 rings (SSSR count). The van der Waals surface area contributed by atoms with Gasteiger partial charge < -0.3 is 19.7 Å². The highest BCUT2D eigenvalue weighted by Gasteiger charge is 2.17. The smallest absolute Gasteiger partial charge is 0.339 e. The number of benzene rings is 1. The third-order valence-electron chi connectivity index (χ3n) is 4.03. The topological polar surface area (TPSA) is 67.9 Å². The van der Waals surface area contributed by atoms with Crippen molar-refractivity contribution >= 4 is 29.3 Å². The molecule has 0 bridgehead atoms. The van der Waals surface area contributed by atoms with Gasteiger partial charge in [0, 0.05) is 25.9 Å². The molecular weight excluding hydrogens is 332 g/mol. The van der Waals surface area contributed by atoms with Crippen molar-refractivity contribution in [3.05, 3.63) is 28.8 Å². The van der Waals surface area contributed by atoms with Gasteiger partial charge in [0.25, 0.3) is 0 Å². The third-order valence-corrected chi connectivity index (χ3v) is 4.36. The number of esters is 1. The van der Waals surface area contributed by atoms with Crippen LogP contribution in [0.1, 0.15) is 36.0 Å². The van der Waals surface area contributed by atoms with Crippen molar-refractivity contribution in [1.29, 1.82) is 0 Å². The summed E-state index contributed by atoms with van der Waals surface area (Å²) in [5, 5.41) is 3.04. The first kappa shape index (κ1) is 18.5. The van der Waals surface area contributed by atoms with Gasteiger partial charge in [0.15, 0.2) is 0 Å². The number of carbonyl (C=O) groups is 2. The van der Waals surface area contributed by atoms with Gasteiger partial charge in [-0.05, 0) is 43.9 Å². The number of methoxy groups -OCH3 is 1. The Hall–Kier alpha value is -1.79. The second kappa shape index (κ2) is 8.89. The summed E-state index contributed by atoms with van der Waals surface area (Å²) in [6.07, 6.45) is 4.40. The molecule has 1 aromatic carbocycles. The number of halogens is 1. The molecule has 1 saturated heterocycles. The van der Waals surface area contributed by atoms with E-state index >= 15 is 0 Å². The fourth-order valence-electron chi connectivity index (χ4n) is 2.56. The lowest BCUT2D eigenvalue weighted by Gasteiger charge is -2.25. The van der Waals surface area contributed by atoms with Gasteiger partial charge in [-0.15, -0.1) is 0 Å². The van der Waals surface area contributed by atoms with Crippen LogP contribution in [0.25, 0.3) is 0 Å². The number of hydrogen-bond donors (Lipinski definition) is 1. The Balaban J connectivity index is 1.89. The SMILES string of the molecule is COC(=O)c1cc(NC(=O)N(C)CC[C@H]2CCCCO2)ccc1Cl. The van der Waals surface area contributed by atoms with Crippen molar-refractivity contribution < 1.29 is 19.1 Å². The van der Waals surface area contributed by atoms with E-state index in [0.717, 1.165) is 25.9 Å². The van der Waals surface area contributed by atoms with Crippen LogP contribution in [0.15, 0.2) is 18.2 Å². The zero-order chi connectivity index (χ0) is 17.5. The Kier molecular flexibility index (Phi) is 6.87. The minimum Gasteiger partial charge on any atom is -0.465 e. The molecule has 6 nitrogen and oxygen atoms in total. The summed E-state index contributed by atoms with van der Waals surface area (Å²) in [6.45, 7) is 1.41. The Labute approximate surface area is 147 Å². The molecule has 0 saturated carbocycles. The average Bonchev–Trinajstić information content (AvgIpc) is 2.61. The van der Waals surface area contributed by atoms with E-state index in [1.54, 1.807) is 24.1 Å². The maximum Gasteiger partial charge on any atom is 0.339 e. The summed E-state index contributed by atoms with van der Waals surface area (Å²) < 4.78 is 10.3. The van der Waals surface area contributed by atoms with E-state index in [0.29, 0.717) is 12.2 Å². The zero-order valence-electron chi connectivity index (χ0n) is 14.0. The van der Waals surface area contributed by atoms with Crippen LogP contribution in [0.5, 0.6) is 0 Å². The van der Waals surface area contributed by atoms with E-state index in [9.17, 15) is 9.59 Å². The average molecular weight is 355 g/mol. The predicted molar refractivity (Wildman–Crippen MR) is 92.6 cm³/mol. The molecule has 0 aromatic heterocycles. The number of rotatable bonds is 5. The number of ether oxygens (including phenoxy) is 2. The molecule has 24 heavy (non-hydrogen) atoms. The Morgan fingerprint density at radius 2 is 2.21 bits per heavy atom. The normalized spacial score (nSPS) is 17.2. The lowest BCUT2D eigenvalue weighted by atomic mass is 10.1. The first-order chi connectivity index (χ1) is 11.5. The fraction of sp³-hybridized carbons (Fsp3) is 0.529. The van der Waals surface area contributed by atoms with Crippen molar-refractivity contribution in [3.63, 3.8) is 0 Å². The number of amides is 2. The van der Waals surface area contributed by atoms with Gasteiger partial charge in [0.2, 0.25) is 0 Å². The zero-order valence-corrected chi connectivity index (χ0v) is 14.8. The summed E-state index contributed by atoms with van der Waals surface area (Å²) in [5.41, 5.74) is 0.709. The van der Waals surface area contributed by atoms with Crippen LogP contribution in [0.2, 0.25) is 5.02 Å². The summed E-state index contributed by atoms with van der Waals surface area (Å²) in [7, 11) is 3.01. The highest BCUT2D eigenvalue weighted by molar-refractivity contribution is 6.33. The van der Waals surface area contributed by atoms with Crippen LogP contribution in [0, 0.1) is 0 Å². The second-order valence-electron chi connectivity index (χ2n) is 5.82. The van der Waals surface area contributed by atoms with Gasteiger partial charge >= 0.3 is 12.0 Å². The highest BCUT2D eigenvalue weighted by atomic mass is 35.5. The quantitative estimate of drug-likeness (QED) is 0.821. The van der Waals surface area contributed by atoms with E-state index in [1.165, 1.54) is 19.6 Å². The number of nitrogens with zero attached hydrogens (tertiary/aromatic N) is 1. The minimum atomic E-state index is -0.543. The highest BCUT2D eigenvalue weighted by Crippen LogP contribution is 2.22. The Morgan fingerprint density at radius 1 is 1.42 bits per heavy atom. The van der Waals surface area contributed by atoms with Gasteiger partial charge in [-0.1, -0.05) is 11.6 Å². The van der Waals surface area contributed by atoms with Crippen LogP contribution in [0.4, 0.5) is 10.5 Å². The lowest BCUT2D eigenvalue weighted by molar-refractivity contribution is 0.00848. The number of anilines is 1. The largest absolute Gasteiger partial charge is 0.465 e. The van der Waals surface area contributed by atoms with Crippen molar-refractivity contribution in [2.75, 3.05) is 32.6 Å². The number of urea groups is 1. The monoisotopic (exact) mass is 354 g/mol. The Bertz CT molecular complexity index is 588. The van der Waals surface area contributed by atoms with Crippen molar-refractivity contribution in [3.8, 4) is 0 Å². The maximum atomic E-state index is 12.2. The van der Waals surface area contributed by atoms with Crippen LogP contribution in [-0.2, 0) is 9.47 Å². The molecule has 132 valence electrons. The van der Waals surface area contributed by atoms with Crippen LogP contribution >= 0.6 is 11.6 Å². The number of carbonyl (C=O) groups excluding carboxylic acids is 2. The first-order valence-electron chi connectivity index (χ1n) is 8.03. The summed E-state index contributed by atoms with van der Waals surface area (Å²) in [6, 6.07) is 4.46. The second-order valence-corrected chi connectivity index (χ2v) is 6.22. The van der Waals surface area contributed by atoms with E-state index < -0.39 is 5.97 Å². The van der Waals surface area contributed by atoms with E-state index in [4.69, 9.17) is 16.3 Å². The molecule has 1 heterocycles. The Morgan fingerprint density at radius 3 is 2.88 bits per heavy atom. The fourth-order valence-corrected chi connectivity index (χ4v) is 2.76. The van der Waals surface area contributed by atoms with Crippen molar-refractivity contribution in [2.45, 2.75) is 31.8 Å². The summed E-state index contributed by atoms with van der Waals surface area (Å²) >= 11 is 5.97. The van der Waals surface area contributed by atoms with Gasteiger partial charge in [0.1, 0.15) is 0 Å². The van der Waals surface area contributed by atoms with Gasteiger partial charge in [-0.3, -0.25) is 0 Å². The molecule has 1 aliphatic rings. The summed E-state index contributed by atoms with van der Waals surface area (Å²) in [5.74, 6) is -0.543. The molecule has 7 heteroatoms. The van der Waals surface area contributed by atoms with E-state index in [-0.39, 0.29) is 22.7 Å². The molecule has 0 unspecified atom stereocenters. The van der Waals surface area contributed by atoms with Gasteiger partial charge in [-0.25, -0.2) is 9.59 Å². The molecule has 1 aliphatic heterocycles. The molecule has 0 spiro atoms. The van der Waals surface area contributed by atoms with E-state index in [2.05, 4.69) is 10.1 Å². The molecule has 0 aliphatic carbocycles. The number of hydrogen-bond acceptors (Lipinski definition) is 4. The lowest BCUT2D eigenvalue weighted by Crippen LogP contribution is -2.34. The molecule has 1 N–H and O–H groups in total. The van der Waals surface area contributed by atoms with Crippen molar-refractivity contribution in [2.24, 2.45) is 0 Å².